The van der Waals surface area contributed by atoms with Gasteiger partial charge in [-0.05, 0) is 0 Å². The molecule has 1 aliphatic rings. The first kappa shape index (κ1) is 18.1. The van der Waals surface area contributed by atoms with E-state index < -0.39 is 0 Å². The fourth-order valence-electron chi connectivity index (χ4n) is 0.746. The molecule has 62 valence electrons. The van der Waals surface area contributed by atoms with Gasteiger partial charge in [-0.3, -0.25) is 0 Å². The van der Waals surface area contributed by atoms with Gasteiger partial charge in [0.25, 0.3) is 0 Å². The minimum Gasteiger partial charge on any atom is -1.00 e. The Kier molecular flexibility index (Phi) is 12.9. The van der Waals surface area contributed by atoms with Crippen LogP contribution in [0.25, 0.3) is 0 Å². The van der Waals surface area contributed by atoms with E-state index in [0.717, 1.165) is 0 Å². The predicted octanol–water partition coefficient (Wildman–Crippen LogP) is -6.76. The first-order valence-corrected chi connectivity index (χ1v) is 4.12. The average Bonchev–Trinajstić information content (AvgIpc) is 2.17. The molecule has 0 atom stereocenters. The van der Waals surface area contributed by atoms with Gasteiger partial charge in [0.15, 0.2) is 0 Å². The fraction of sp³-hybridized carbons (Fsp3) is 0.429. The molecule has 0 amide bonds. The van der Waals surface area contributed by atoms with Crippen molar-refractivity contribution in [1.29, 1.82) is 0 Å². The largest absolute Gasteiger partial charge is 1.00 e. The average molecular weight is 291 g/mol. The van der Waals surface area contributed by atoms with Gasteiger partial charge in [-0.25, -0.2) is 0 Å². The van der Waals surface area contributed by atoms with Gasteiger partial charge in [-0.15, -0.1) is 0 Å². The molecule has 0 radical (unpaired) electrons. The van der Waals surface area contributed by atoms with Crippen LogP contribution in [0, 0.1) is 0 Å². The van der Waals surface area contributed by atoms with Crippen LogP contribution < -0.4 is 37.2 Å². The van der Waals surface area contributed by atoms with Gasteiger partial charge < -0.3 is 37.2 Å². The van der Waals surface area contributed by atoms with Crippen LogP contribution >= 0.6 is 0 Å². The Morgan fingerprint density at radius 3 is 1.64 bits per heavy atom. The van der Waals surface area contributed by atoms with Crippen LogP contribution in [0.15, 0.2) is 24.3 Å². The molecule has 0 heterocycles. The van der Waals surface area contributed by atoms with E-state index in [1.807, 2.05) is 0 Å². The molecule has 0 nitrogen and oxygen atoms in total. The number of halogens is 3. The molecule has 0 unspecified atom stereocenters. The minimum atomic E-state index is 0. The van der Waals surface area contributed by atoms with Crippen LogP contribution in [0.3, 0.4) is 0 Å². The Morgan fingerprint density at radius 1 is 1.09 bits per heavy atom. The zero-order valence-electron chi connectivity index (χ0n) is 6.15. The van der Waals surface area contributed by atoms with E-state index in [2.05, 4.69) is 31.2 Å². The molecule has 0 N–H and O–H groups in total. The third-order valence-corrected chi connectivity index (χ3v) is 3.17. The first-order chi connectivity index (χ1) is 3.77. The number of allylic oxidation sites excluding steroid dienone is 4. The van der Waals surface area contributed by atoms with Crippen molar-refractivity contribution in [3.05, 3.63) is 24.3 Å². The van der Waals surface area contributed by atoms with Crippen molar-refractivity contribution in [2.75, 3.05) is 0 Å². The smallest absolute Gasteiger partial charge is 1.00 e. The van der Waals surface area contributed by atoms with Crippen LogP contribution in [-0.4, -0.2) is 0 Å². The van der Waals surface area contributed by atoms with Crippen molar-refractivity contribution < 1.29 is 61.9 Å². The molecule has 0 fully saturated rings. The maximum absolute atomic E-state index is 2.28. The summed E-state index contributed by atoms with van der Waals surface area (Å²) in [6.45, 7) is 2.23. The number of rotatable bonds is 1. The Hall–Kier alpha value is 1.23. The quantitative estimate of drug-likeness (QED) is 0.450. The van der Waals surface area contributed by atoms with Crippen molar-refractivity contribution >= 4 is 0 Å². The zero-order valence-corrected chi connectivity index (χ0v) is 10.9. The molecule has 11 heavy (non-hydrogen) atoms. The molecule has 0 saturated carbocycles. The standard InChI is InChI=1S/C7H9.3ClH.Zr/c1-2-7-5-3-4-6-7;;;;/h3-6H,2H2,1H3;3*1H;/q;;;;+3/p-3. The summed E-state index contributed by atoms with van der Waals surface area (Å²) in [6, 6.07) is 0. The summed E-state index contributed by atoms with van der Waals surface area (Å²) < 4.78 is 0.465. The Labute approximate surface area is 102 Å². The van der Waals surface area contributed by atoms with Gasteiger partial charge in [-0.2, -0.15) is 0 Å². The number of hydrogen-bond acceptors (Lipinski definition) is 0. The summed E-state index contributed by atoms with van der Waals surface area (Å²) in [7, 11) is 0. The first-order valence-electron chi connectivity index (χ1n) is 2.89. The zero-order chi connectivity index (χ0) is 6.04. The Morgan fingerprint density at radius 2 is 1.45 bits per heavy atom. The van der Waals surface area contributed by atoms with E-state index in [0.29, 0.717) is 3.12 Å². The van der Waals surface area contributed by atoms with Crippen molar-refractivity contribution in [3.8, 4) is 0 Å². The van der Waals surface area contributed by atoms with Crippen LogP contribution in [0.4, 0.5) is 0 Å². The maximum Gasteiger partial charge on any atom is -1.00 e. The second kappa shape index (κ2) is 7.86. The van der Waals surface area contributed by atoms with Gasteiger partial charge in [0, 0.05) is 0 Å². The monoisotopic (exact) mass is 288 g/mol. The summed E-state index contributed by atoms with van der Waals surface area (Å²) in [4.78, 5) is 0. The molecule has 0 aromatic rings. The molecule has 0 aliphatic heterocycles. The third kappa shape index (κ3) is 5.47. The van der Waals surface area contributed by atoms with Crippen LogP contribution in [-0.2, 0) is 24.7 Å². The van der Waals surface area contributed by atoms with Gasteiger partial charge in [-0.1, -0.05) is 0 Å². The van der Waals surface area contributed by atoms with E-state index in [9.17, 15) is 0 Å². The SMILES string of the molecule is CC[C]1([Zr+3])C=CC=C1.[Cl-].[Cl-].[Cl-]. The summed E-state index contributed by atoms with van der Waals surface area (Å²) >= 11 is 1.61. The van der Waals surface area contributed by atoms with Crippen LogP contribution in [0.2, 0.25) is 3.12 Å². The molecule has 0 aromatic carbocycles. The molecule has 4 heteroatoms. The summed E-state index contributed by atoms with van der Waals surface area (Å²) in [5.41, 5.74) is 0. The number of hydrogen-bond donors (Lipinski definition) is 0. The van der Waals surface area contributed by atoms with E-state index in [4.69, 9.17) is 0 Å². The van der Waals surface area contributed by atoms with E-state index >= 15 is 0 Å². The van der Waals surface area contributed by atoms with Crippen molar-refractivity contribution in [3.63, 3.8) is 0 Å². The van der Waals surface area contributed by atoms with Crippen molar-refractivity contribution in [2.24, 2.45) is 0 Å². The molecule has 1 rings (SSSR count). The third-order valence-electron chi connectivity index (χ3n) is 1.48. The van der Waals surface area contributed by atoms with E-state index in [1.165, 1.54) is 6.42 Å². The summed E-state index contributed by atoms with van der Waals surface area (Å²) in [5.74, 6) is 0. The molecule has 1 aliphatic carbocycles. The summed E-state index contributed by atoms with van der Waals surface area (Å²) in [6.07, 6.45) is 10.1. The molecule has 0 aromatic heterocycles. The normalized spacial score (nSPS) is 16.3. The van der Waals surface area contributed by atoms with E-state index in [-0.39, 0.29) is 37.2 Å². The molecular formula is C7H9Cl3Zr. The molecule has 0 saturated heterocycles. The van der Waals surface area contributed by atoms with Gasteiger partial charge >= 0.3 is 65.5 Å². The minimum absolute atomic E-state index is 0. The van der Waals surface area contributed by atoms with Gasteiger partial charge in [0.2, 0.25) is 0 Å². The van der Waals surface area contributed by atoms with Crippen LogP contribution in [0.1, 0.15) is 13.3 Å². The van der Waals surface area contributed by atoms with Crippen LogP contribution in [0.5, 0.6) is 0 Å². The van der Waals surface area contributed by atoms with Crippen molar-refractivity contribution in [2.45, 2.75) is 16.5 Å². The van der Waals surface area contributed by atoms with E-state index in [1.54, 1.807) is 24.7 Å². The second-order valence-corrected chi connectivity index (χ2v) is 4.40. The fourth-order valence-corrected chi connectivity index (χ4v) is 1.22. The van der Waals surface area contributed by atoms with Gasteiger partial charge in [0.1, 0.15) is 0 Å². The Bertz CT molecular complexity index is 131. The Balaban J connectivity index is -0.000000213. The molecule has 0 bridgehead atoms. The topological polar surface area (TPSA) is 0 Å². The second-order valence-electron chi connectivity index (χ2n) is 2.11. The van der Waals surface area contributed by atoms with Gasteiger partial charge in [0.05, 0.1) is 0 Å². The maximum atomic E-state index is 2.28. The van der Waals surface area contributed by atoms with Crippen molar-refractivity contribution in [1.82, 2.24) is 0 Å². The molecule has 0 spiro atoms. The summed E-state index contributed by atoms with van der Waals surface area (Å²) in [5, 5.41) is 0. The predicted molar refractivity (Wildman–Crippen MR) is 31.3 cm³/mol. The molecular weight excluding hydrogens is 282 g/mol.